The maximum atomic E-state index is 5.98. The zero-order chi connectivity index (χ0) is 16.2. The van der Waals surface area contributed by atoms with Gasteiger partial charge in [0, 0.05) is 7.05 Å². The van der Waals surface area contributed by atoms with Gasteiger partial charge in [-0.3, -0.25) is 0 Å². The summed E-state index contributed by atoms with van der Waals surface area (Å²) in [4.78, 5) is 6.59. The Kier molecular flexibility index (Phi) is 4.60. The minimum absolute atomic E-state index is 0.0607. The summed E-state index contributed by atoms with van der Waals surface area (Å²) < 4.78 is 11.7. The van der Waals surface area contributed by atoms with Crippen LogP contribution in [0.5, 0.6) is 11.5 Å². The van der Waals surface area contributed by atoms with Gasteiger partial charge in [0.2, 0.25) is 5.95 Å². The third-order valence-electron chi connectivity index (χ3n) is 3.88. The second-order valence-electron chi connectivity index (χ2n) is 5.59. The molecule has 2 aromatic rings. The molecule has 0 amide bonds. The molecule has 0 saturated heterocycles. The lowest BCUT2D eigenvalue weighted by molar-refractivity contribution is 0.0958. The zero-order valence-electron chi connectivity index (χ0n) is 13.8. The maximum absolute atomic E-state index is 5.98. The summed E-state index contributed by atoms with van der Waals surface area (Å²) in [6, 6.07) is 7.72. The highest BCUT2D eigenvalue weighted by molar-refractivity contribution is 5.41. The molecule has 1 aromatic heterocycles. The molecule has 0 aliphatic carbocycles. The SMILES string of the molecule is CCc1nnc(N(C)C[C@H]2COc3ccccc3O2)nc1CC. The number of nitrogens with zero attached hydrogens (tertiary/aromatic N) is 4. The molecular formula is C17H22N4O2. The van der Waals surface area contributed by atoms with Crippen molar-refractivity contribution in [1.82, 2.24) is 15.2 Å². The van der Waals surface area contributed by atoms with Gasteiger partial charge in [-0.25, -0.2) is 4.98 Å². The molecule has 122 valence electrons. The Bertz CT molecular complexity index is 677. The van der Waals surface area contributed by atoms with Crippen LogP contribution in [0, 0.1) is 0 Å². The van der Waals surface area contributed by atoms with E-state index >= 15 is 0 Å². The van der Waals surface area contributed by atoms with Crippen LogP contribution < -0.4 is 14.4 Å². The molecule has 0 fully saturated rings. The highest BCUT2D eigenvalue weighted by atomic mass is 16.6. The largest absolute Gasteiger partial charge is 0.486 e. The molecule has 23 heavy (non-hydrogen) atoms. The summed E-state index contributed by atoms with van der Waals surface area (Å²) >= 11 is 0. The summed E-state index contributed by atoms with van der Waals surface area (Å²) in [5.74, 6) is 2.21. The van der Waals surface area contributed by atoms with Crippen molar-refractivity contribution in [2.24, 2.45) is 0 Å². The first kappa shape index (κ1) is 15.5. The molecule has 6 nitrogen and oxygen atoms in total. The fourth-order valence-corrected chi connectivity index (χ4v) is 2.63. The van der Waals surface area contributed by atoms with Crippen molar-refractivity contribution in [2.75, 3.05) is 25.1 Å². The van der Waals surface area contributed by atoms with Gasteiger partial charge in [-0.15, -0.1) is 5.10 Å². The molecule has 1 aliphatic heterocycles. The van der Waals surface area contributed by atoms with Crippen molar-refractivity contribution in [1.29, 1.82) is 0 Å². The number of anilines is 1. The lowest BCUT2D eigenvalue weighted by Gasteiger charge is -2.29. The van der Waals surface area contributed by atoms with E-state index < -0.39 is 0 Å². The first-order valence-corrected chi connectivity index (χ1v) is 8.03. The number of likely N-dealkylation sites (N-methyl/N-ethyl adjacent to an activating group) is 1. The molecule has 6 heteroatoms. The molecule has 2 heterocycles. The van der Waals surface area contributed by atoms with Gasteiger partial charge in [-0.1, -0.05) is 26.0 Å². The van der Waals surface area contributed by atoms with E-state index in [9.17, 15) is 0 Å². The van der Waals surface area contributed by atoms with Gasteiger partial charge in [-0.05, 0) is 25.0 Å². The maximum Gasteiger partial charge on any atom is 0.245 e. The molecule has 3 rings (SSSR count). The Balaban J connectivity index is 1.69. The highest BCUT2D eigenvalue weighted by Gasteiger charge is 2.23. The number of rotatable bonds is 5. The summed E-state index contributed by atoms with van der Waals surface area (Å²) in [5.41, 5.74) is 1.98. The molecule has 0 radical (unpaired) electrons. The van der Waals surface area contributed by atoms with E-state index in [0.717, 1.165) is 35.7 Å². The molecular weight excluding hydrogens is 292 g/mol. The fourth-order valence-electron chi connectivity index (χ4n) is 2.63. The van der Waals surface area contributed by atoms with Gasteiger partial charge in [0.25, 0.3) is 0 Å². The summed E-state index contributed by atoms with van der Waals surface area (Å²) in [6.07, 6.45) is 1.65. The molecule has 1 aromatic carbocycles. The monoisotopic (exact) mass is 314 g/mol. The van der Waals surface area contributed by atoms with Gasteiger partial charge >= 0.3 is 0 Å². The Morgan fingerprint density at radius 2 is 1.83 bits per heavy atom. The smallest absolute Gasteiger partial charge is 0.245 e. The van der Waals surface area contributed by atoms with E-state index in [0.29, 0.717) is 19.1 Å². The number of hydrogen-bond acceptors (Lipinski definition) is 6. The van der Waals surface area contributed by atoms with E-state index in [-0.39, 0.29) is 6.10 Å². The quantitative estimate of drug-likeness (QED) is 0.844. The Hall–Kier alpha value is -2.37. The van der Waals surface area contributed by atoms with Crippen LogP contribution in [0.25, 0.3) is 0 Å². The van der Waals surface area contributed by atoms with E-state index in [4.69, 9.17) is 9.47 Å². The first-order valence-electron chi connectivity index (χ1n) is 8.03. The summed E-state index contributed by atoms with van der Waals surface area (Å²) in [6.45, 7) is 5.31. The first-order chi connectivity index (χ1) is 11.2. The van der Waals surface area contributed by atoms with Crippen molar-refractivity contribution in [2.45, 2.75) is 32.8 Å². The Morgan fingerprint density at radius 1 is 1.09 bits per heavy atom. The van der Waals surface area contributed by atoms with E-state index in [1.165, 1.54) is 0 Å². The van der Waals surface area contributed by atoms with Gasteiger partial charge in [0.05, 0.1) is 17.9 Å². The van der Waals surface area contributed by atoms with Gasteiger partial charge in [0.15, 0.2) is 17.6 Å². The lowest BCUT2D eigenvalue weighted by atomic mass is 10.2. The number of aryl methyl sites for hydroxylation is 2. The average molecular weight is 314 g/mol. The predicted molar refractivity (Wildman–Crippen MR) is 88.2 cm³/mol. The number of hydrogen-bond donors (Lipinski definition) is 0. The van der Waals surface area contributed by atoms with Crippen molar-refractivity contribution in [3.63, 3.8) is 0 Å². The molecule has 0 unspecified atom stereocenters. The van der Waals surface area contributed by atoms with Crippen molar-refractivity contribution in [3.8, 4) is 11.5 Å². The Labute approximate surface area is 136 Å². The van der Waals surface area contributed by atoms with Crippen LogP contribution in [0.15, 0.2) is 24.3 Å². The fraction of sp³-hybridized carbons (Fsp3) is 0.471. The normalized spacial score (nSPS) is 16.2. The number of benzene rings is 1. The molecule has 0 bridgehead atoms. The van der Waals surface area contributed by atoms with Crippen LogP contribution in [0.1, 0.15) is 25.2 Å². The van der Waals surface area contributed by atoms with Gasteiger partial charge in [-0.2, -0.15) is 5.10 Å². The molecule has 0 spiro atoms. The van der Waals surface area contributed by atoms with E-state index in [1.807, 2.05) is 36.2 Å². The average Bonchev–Trinajstić information content (AvgIpc) is 2.60. The van der Waals surface area contributed by atoms with Crippen molar-refractivity contribution >= 4 is 5.95 Å². The topological polar surface area (TPSA) is 60.4 Å². The number of para-hydroxylation sites is 2. The Morgan fingerprint density at radius 3 is 2.57 bits per heavy atom. The van der Waals surface area contributed by atoms with Gasteiger partial charge < -0.3 is 14.4 Å². The van der Waals surface area contributed by atoms with Crippen LogP contribution in [0.2, 0.25) is 0 Å². The number of aromatic nitrogens is 3. The molecule has 0 N–H and O–H groups in total. The van der Waals surface area contributed by atoms with Crippen LogP contribution >= 0.6 is 0 Å². The minimum atomic E-state index is -0.0607. The van der Waals surface area contributed by atoms with E-state index in [2.05, 4.69) is 29.0 Å². The van der Waals surface area contributed by atoms with E-state index in [1.54, 1.807) is 0 Å². The third kappa shape index (κ3) is 3.36. The predicted octanol–water partition coefficient (Wildman–Crippen LogP) is 2.27. The minimum Gasteiger partial charge on any atom is -0.486 e. The second-order valence-corrected chi connectivity index (χ2v) is 5.59. The van der Waals surface area contributed by atoms with Crippen molar-refractivity contribution < 1.29 is 9.47 Å². The van der Waals surface area contributed by atoms with Crippen molar-refractivity contribution in [3.05, 3.63) is 35.7 Å². The third-order valence-corrected chi connectivity index (χ3v) is 3.88. The number of ether oxygens (including phenoxy) is 2. The summed E-state index contributed by atoms with van der Waals surface area (Å²) in [5, 5.41) is 8.53. The zero-order valence-corrected chi connectivity index (χ0v) is 13.8. The van der Waals surface area contributed by atoms with Crippen LogP contribution in [0.4, 0.5) is 5.95 Å². The second kappa shape index (κ2) is 6.81. The number of fused-ring (bicyclic) bond motifs is 1. The molecule has 0 saturated carbocycles. The van der Waals surface area contributed by atoms with Gasteiger partial charge in [0.1, 0.15) is 6.61 Å². The molecule has 1 aliphatic rings. The highest BCUT2D eigenvalue weighted by Crippen LogP contribution is 2.31. The standard InChI is InChI=1S/C17H22N4O2/c1-4-13-14(5-2)19-20-17(18-13)21(3)10-12-11-22-15-8-6-7-9-16(15)23-12/h6-9,12H,4-5,10-11H2,1-3H3/t12-/m0/s1. The van der Waals surface area contributed by atoms with Crippen LogP contribution in [0.3, 0.4) is 0 Å². The van der Waals surface area contributed by atoms with Crippen LogP contribution in [-0.2, 0) is 12.8 Å². The lowest BCUT2D eigenvalue weighted by Crippen LogP contribution is -2.40. The van der Waals surface area contributed by atoms with Crippen LogP contribution in [-0.4, -0.2) is 41.5 Å². The summed E-state index contributed by atoms with van der Waals surface area (Å²) in [7, 11) is 1.95. The molecule has 1 atom stereocenters.